The van der Waals surface area contributed by atoms with E-state index in [-0.39, 0.29) is 35.8 Å². The highest BCUT2D eigenvalue weighted by atomic mass is 16.5. The number of benzene rings is 2. The number of anilines is 1. The Morgan fingerprint density at radius 1 is 1.26 bits per heavy atom. The predicted octanol–water partition coefficient (Wildman–Crippen LogP) is 2.43. The Bertz CT molecular complexity index is 1280. The molecule has 0 aliphatic carbocycles. The van der Waals surface area contributed by atoms with E-state index < -0.39 is 5.56 Å². The molecular weight excluding hydrogens is 448 g/mol. The number of hydrazone groups is 1. The number of H-pyrrole nitrogens is 1. The number of aromatic nitrogens is 2. The summed E-state index contributed by atoms with van der Waals surface area (Å²) in [5, 5.41) is 16.3. The van der Waals surface area contributed by atoms with Gasteiger partial charge in [0.15, 0.2) is 6.61 Å². The molecule has 1 aromatic heterocycles. The number of rotatable bonds is 9. The zero-order valence-electron chi connectivity index (χ0n) is 18.9. The number of hydrogen-bond donors (Lipinski definition) is 3. The van der Waals surface area contributed by atoms with Crippen LogP contribution in [0.4, 0.5) is 5.95 Å². The molecule has 3 aromatic rings. The molecule has 178 valence electrons. The van der Waals surface area contributed by atoms with Crippen molar-refractivity contribution < 1.29 is 14.3 Å². The van der Waals surface area contributed by atoms with Crippen molar-refractivity contribution in [3.8, 4) is 23.1 Å². The summed E-state index contributed by atoms with van der Waals surface area (Å²) in [4.78, 5) is 31.1. The summed E-state index contributed by atoms with van der Waals surface area (Å²) in [5.41, 5.74) is 3.74. The molecule has 4 rings (SSSR count). The summed E-state index contributed by atoms with van der Waals surface area (Å²) in [6.45, 7) is 1.17. The molecule has 1 amide bonds. The third-order valence-electron chi connectivity index (χ3n) is 5.26. The van der Waals surface area contributed by atoms with Crippen molar-refractivity contribution in [2.45, 2.75) is 18.9 Å². The van der Waals surface area contributed by atoms with Gasteiger partial charge in [-0.2, -0.15) is 10.4 Å². The topological polar surface area (TPSA) is 141 Å². The van der Waals surface area contributed by atoms with Crippen molar-refractivity contribution in [1.82, 2.24) is 15.3 Å². The Kier molecular flexibility index (Phi) is 7.83. The second-order valence-corrected chi connectivity index (χ2v) is 7.78. The third-order valence-corrected chi connectivity index (χ3v) is 5.26. The number of ether oxygens (including phenoxy) is 2. The molecular formula is C25H24N6O4. The molecule has 35 heavy (non-hydrogen) atoms. The number of carbonyl (C=O) groups is 1. The highest BCUT2D eigenvalue weighted by Crippen LogP contribution is 2.19. The number of carbonyl (C=O) groups excluding carboxylic acids is 1. The van der Waals surface area contributed by atoms with Gasteiger partial charge in [-0.3, -0.25) is 14.6 Å². The fourth-order valence-corrected chi connectivity index (χ4v) is 3.49. The molecule has 10 heteroatoms. The second-order valence-electron chi connectivity index (χ2n) is 7.78. The van der Waals surface area contributed by atoms with E-state index >= 15 is 0 Å². The highest BCUT2D eigenvalue weighted by molar-refractivity contribution is 5.80. The van der Waals surface area contributed by atoms with Crippen LogP contribution in [-0.2, 0) is 9.53 Å². The van der Waals surface area contributed by atoms with Crippen molar-refractivity contribution in [3.05, 3.63) is 76.1 Å². The minimum Gasteiger partial charge on any atom is -0.484 e. The van der Waals surface area contributed by atoms with Crippen LogP contribution in [0.5, 0.6) is 5.75 Å². The van der Waals surface area contributed by atoms with Gasteiger partial charge in [0.25, 0.3) is 11.5 Å². The predicted molar refractivity (Wildman–Crippen MR) is 130 cm³/mol. The minimum absolute atomic E-state index is 0.0677. The van der Waals surface area contributed by atoms with Crippen LogP contribution in [0, 0.1) is 11.3 Å². The van der Waals surface area contributed by atoms with E-state index in [9.17, 15) is 14.9 Å². The molecule has 2 heterocycles. The van der Waals surface area contributed by atoms with Crippen LogP contribution in [0.25, 0.3) is 11.3 Å². The molecule has 0 bridgehead atoms. The molecule has 2 aromatic carbocycles. The van der Waals surface area contributed by atoms with Crippen LogP contribution in [0.1, 0.15) is 24.0 Å². The second kappa shape index (κ2) is 11.6. The number of hydrogen-bond acceptors (Lipinski definition) is 8. The summed E-state index contributed by atoms with van der Waals surface area (Å²) >= 11 is 0. The normalized spacial score (nSPS) is 15.0. The lowest BCUT2D eigenvalue weighted by Crippen LogP contribution is -2.35. The van der Waals surface area contributed by atoms with E-state index in [0.717, 1.165) is 25.0 Å². The quantitative estimate of drug-likeness (QED) is 0.321. The summed E-state index contributed by atoms with van der Waals surface area (Å²) in [6.07, 6.45) is 3.62. The first-order valence-corrected chi connectivity index (χ1v) is 11.1. The zero-order valence-corrected chi connectivity index (χ0v) is 18.9. The van der Waals surface area contributed by atoms with Gasteiger partial charge < -0.3 is 14.8 Å². The van der Waals surface area contributed by atoms with Gasteiger partial charge in [0, 0.05) is 18.7 Å². The van der Waals surface area contributed by atoms with Gasteiger partial charge in [-0.15, -0.1) is 0 Å². The van der Waals surface area contributed by atoms with Gasteiger partial charge in [0.05, 0.1) is 18.0 Å². The van der Waals surface area contributed by atoms with E-state index in [1.807, 2.05) is 12.1 Å². The molecule has 0 radical (unpaired) electrons. The molecule has 1 atom stereocenters. The van der Waals surface area contributed by atoms with Crippen molar-refractivity contribution in [2.75, 3.05) is 25.2 Å². The van der Waals surface area contributed by atoms with Crippen LogP contribution in [0.2, 0.25) is 0 Å². The van der Waals surface area contributed by atoms with Crippen molar-refractivity contribution in [2.24, 2.45) is 5.10 Å². The molecule has 0 saturated carbocycles. The van der Waals surface area contributed by atoms with Gasteiger partial charge in [-0.05, 0) is 42.7 Å². The van der Waals surface area contributed by atoms with Crippen molar-refractivity contribution >= 4 is 18.1 Å². The Hall–Kier alpha value is -4.49. The van der Waals surface area contributed by atoms with Crippen molar-refractivity contribution in [1.29, 1.82) is 5.26 Å². The lowest BCUT2D eigenvalue weighted by atomic mass is 10.1. The standard InChI is InChI=1S/C25H24N6O4/c26-13-21-23(18-5-2-1-3-6-18)29-25(30-24(21)33)31-28-14-17-8-10-19(11-9-17)35-16-22(32)27-15-20-7-4-12-34-20/h1-3,5-6,8-11,14,20H,4,7,12,15-16H2,(H,27,32)(H2,29,30,31,33). The van der Waals surface area contributed by atoms with E-state index in [1.54, 1.807) is 54.7 Å². The fraction of sp³-hybridized carbons (Fsp3) is 0.240. The van der Waals surface area contributed by atoms with E-state index in [2.05, 4.69) is 25.8 Å². The van der Waals surface area contributed by atoms with Crippen LogP contribution in [0.3, 0.4) is 0 Å². The minimum atomic E-state index is -0.555. The maximum absolute atomic E-state index is 12.3. The first kappa shape index (κ1) is 23.7. The average Bonchev–Trinajstić information content (AvgIpc) is 3.41. The summed E-state index contributed by atoms with van der Waals surface area (Å²) in [5.74, 6) is 0.458. The number of aromatic amines is 1. The smallest absolute Gasteiger partial charge is 0.270 e. The first-order chi connectivity index (χ1) is 17.1. The Balaban J connectivity index is 1.32. The lowest BCUT2D eigenvalue weighted by molar-refractivity contribution is -0.123. The number of nitrogens with one attached hydrogen (secondary N) is 3. The van der Waals surface area contributed by atoms with Crippen LogP contribution in [0.15, 0.2) is 64.5 Å². The monoisotopic (exact) mass is 472 g/mol. The highest BCUT2D eigenvalue weighted by Gasteiger charge is 2.16. The Morgan fingerprint density at radius 3 is 2.77 bits per heavy atom. The fourth-order valence-electron chi connectivity index (χ4n) is 3.49. The maximum atomic E-state index is 12.3. The van der Waals surface area contributed by atoms with Gasteiger partial charge in [-0.25, -0.2) is 10.4 Å². The zero-order chi connectivity index (χ0) is 24.5. The SMILES string of the molecule is N#Cc1c(-c2ccccc2)nc(NN=Cc2ccc(OCC(=O)NCC3CCCO3)cc2)[nH]c1=O. The first-order valence-electron chi connectivity index (χ1n) is 11.1. The van der Waals surface area contributed by atoms with Crippen molar-refractivity contribution in [3.63, 3.8) is 0 Å². The van der Waals surface area contributed by atoms with Crippen LogP contribution >= 0.6 is 0 Å². The third kappa shape index (κ3) is 6.52. The molecule has 0 spiro atoms. The van der Waals surface area contributed by atoms with Crippen LogP contribution in [-0.4, -0.2) is 48.0 Å². The maximum Gasteiger partial charge on any atom is 0.270 e. The lowest BCUT2D eigenvalue weighted by Gasteiger charge is -2.11. The number of nitriles is 1. The molecule has 1 aliphatic heterocycles. The molecule has 1 unspecified atom stereocenters. The summed E-state index contributed by atoms with van der Waals surface area (Å²) < 4.78 is 11.0. The van der Waals surface area contributed by atoms with Gasteiger partial charge in [0.1, 0.15) is 17.4 Å². The number of amides is 1. The Morgan fingerprint density at radius 2 is 2.06 bits per heavy atom. The molecule has 1 aliphatic rings. The van der Waals surface area contributed by atoms with Crippen LogP contribution < -0.4 is 21.0 Å². The molecule has 3 N–H and O–H groups in total. The van der Waals surface area contributed by atoms with E-state index in [4.69, 9.17) is 9.47 Å². The molecule has 1 saturated heterocycles. The van der Waals surface area contributed by atoms with Gasteiger partial charge in [0.2, 0.25) is 5.95 Å². The summed E-state index contributed by atoms with van der Waals surface area (Å²) in [6, 6.07) is 17.9. The average molecular weight is 473 g/mol. The van der Waals surface area contributed by atoms with E-state index in [1.165, 1.54) is 0 Å². The van der Waals surface area contributed by atoms with E-state index in [0.29, 0.717) is 17.9 Å². The number of nitrogens with zero attached hydrogens (tertiary/aromatic N) is 3. The molecule has 10 nitrogen and oxygen atoms in total. The van der Waals surface area contributed by atoms with Gasteiger partial charge >= 0.3 is 0 Å². The summed E-state index contributed by atoms with van der Waals surface area (Å²) in [7, 11) is 0. The Labute approximate surface area is 201 Å². The van der Waals surface area contributed by atoms with Gasteiger partial charge in [-0.1, -0.05) is 30.3 Å². The molecule has 1 fully saturated rings. The largest absolute Gasteiger partial charge is 0.484 e.